The van der Waals surface area contributed by atoms with E-state index < -0.39 is 0 Å². The van der Waals surface area contributed by atoms with Gasteiger partial charge in [-0.05, 0) is 36.3 Å². The molecule has 16 heavy (non-hydrogen) atoms. The third-order valence-electron chi connectivity index (χ3n) is 2.94. The Morgan fingerprint density at radius 3 is 3.38 bits per heavy atom. The second-order valence-corrected chi connectivity index (χ2v) is 4.99. The van der Waals surface area contributed by atoms with E-state index in [0.29, 0.717) is 13.0 Å². The fraction of sp³-hybridized carbons (Fsp3) is 0.462. The molecule has 1 N–H and O–H groups in total. The van der Waals surface area contributed by atoms with Crippen LogP contribution in [0.15, 0.2) is 11.4 Å². The van der Waals surface area contributed by atoms with E-state index in [0.717, 1.165) is 19.3 Å². The van der Waals surface area contributed by atoms with Crippen molar-refractivity contribution < 1.29 is 4.79 Å². The van der Waals surface area contributed by atoms with Gasteiger partial charge in [-0.2, -0.15) is 0 Å². The lowest BCUT2D eigenvalue weighted by Crippen LogP contribution is -2.31. The van der Waals surface area contributed by atoms with Crippen LogP contribution in [0.4, 0.5) is 0 Å². The van der Waals surface area contributed by atoms with Crippen LogP contribution in [0.2, 0.25) is 0 Å². The molecule has 1 unspecified atom stereocenters. The maximum absolute atomic E-state index is 12.0. The molecular formula is C13H15NOS. The molecule has 1 aromatic rings. The molecule has 1 atom stereocenters. The first kappa shape index (κ1) is 11.2. The Kier molecular flexibility index (Phi) is 3.63. The normalized spacial score (nSPS) is 18.6. The van der Waals surface area contributed by atoms with Crippen molar-refractivity contribution in [3.05, 3.63) is 21.9 Å². The van der Waals surface area contributed by atoms with E-state index >= 15 is 0 Å². The van der Waals surface area contributed by atoms with Crippen LogP contribution < -0.4 is 5.32 Å². The van der Waals surface area contributed by atoms with Gasteiger partial charge in [-0.15, -0.1) is 23.7 Å². The Labute approximate surface area is 100 Å². The number of carbonyl (C=O) groups is 1. The van der Waals surface area contributed by atoms with Crippen LogP contribution in [0.3, 0.4) is 0 Å². The molecule has 84 valence electrons. The first-order chi connectivity index (χ1) is 7.83. The molecule has 2 nitrogen and oxygen atoms in total. The summed E-state index contributed by atoms with van der Waals surface area (Å²) in [6.45, 7) is 0.589. The number of nitrogens with one attached hydrogen (secondary N) is 1. The first-order valence-electron chi connectivity index (χ1n) is 5.60. The molecule has 1 aliphatic carbocycles. The van der Waals surface area contributed by atoms with Crippen molar-refractivity contribution in [2.75, 3.05) is 6.54 Å². The van der Waals surface area contributed by atoms with Gasteiger partial charge in [0.05, 0.1) is 5.92 Å². The molecule has 0 saturated carbocycles. The van der Waals surface area contributed by atoms with Crippen molar-refractivity contribution in [2.24, 2.45) is 0 Å². The van der Waals surface area contributed by atoms with Gasteiger partial charge in [0, 0.05) is 17.8 Å². The van der Waals surface area contributed by atoms with E-state index in [9.17, 15) is 4.79 Å². The zero-order valence-corrected chi connectivity index (χ0v) is 9.98. The largest absolute Gasteiger partial charge is 0.355 e. The van der Waals surface area contributed by atoms with Crippen molar-refractivity contribution >= 4 is 17.2 Å². The Bertz CT molecular complexity index is 416. The number of rotatable bonds is 3. The van der Waals surface area contributed by atoms with Gasteiger partial charge in [-0.3, -0.25) is 4.79 Å². The van der Waals surface area contributed by atoms with E-state index in [2.05, 4.69) is 22.7 Å². The summed E-state index contributed by atoms with van der Waals surface area (Å²) >= 11 is 1.76. The summed E-state index contributed by atoms with van der Waals surface area (Å²) in [6.07, 6.45) is 8.96. The number of aryl methyl sites for hydroxylation is 1. The monoisotopic (exact) mass is 233 g/mol. The number of hydrogen-bond donors (Lipinski definition) is 1. The Morgan fingerprint density at radius 2 is 2.56 bits per heavy atom. The van der Waals surface area contributed by atoms with Gasteiger partial charge in [0.2, 0.25) is 5.91 Å². The molecule has 1 heterocycles. The average Bonchev–Trinajstić information content (AvgIpc) is 2.76. The fourth-order valence-corrected chi connectivity index (χ4v) is 3.13. The Balaban J connectivity index is 2.01. The number of thiophene rings is 1. The van der Waals surface area contributed by atoms with Crippen LogP contribution >= 0.6 is 11.3 Å². The summed E-state index contributed by atoms with van der Waals surface area (Å²) in [5.41, 5.74) is 1.23. The summed E-state index contributed by atoms with van der Waals surface area (Å²) in [7, 11) is 0. The van der Waals surface area contributed by atoms with Crippen molar-refractivity contribution in [1.82, 2.24) is 5.32 Å². The van der Waals surface area contributed by atoms with E-state index in [1.165, 1.54) is 10.4 Å². The van der Waals surface area contributed by atoms with Crippen molar-refractivity contribution in [1.29, 1.82) is 0 Å². The molecular weight excluding hydrogens is 218 g/mol. The van der Waals surface area contributed by atoms with Crippen LogP contribution in [-0.4, -0.2) is 12.5 Å². The number of amides is 1. The predicted octanol–water partition coefficient (Wildman–Crippen LogP) is 2.31. The molecule has 1 aliphatic rings. The molecule has 0 radical (unpaired) electrons. The molecule has 0 aromatic carbocycles. The minimum Gasteiger partial charge on any atom is -0.355 e. The van der Waals surface area contributed by atoms with Gasteiger partial charge in [-0.1, -0.05) is 0 Å². The quantitative estimate of drug-likeness (QED) is 0.630. The highest BCUT2D eigenvalue weighted by Gasteiger charge is 2.26. The molecule has 3 heteroatoms. The number of fused-ring (bicyclic) bond motifs is 1. The van der Waals surface area contributed by atoms with Crippen LogP contribution in [0.5, 0.6) is 0 Å². The number of carbonyl (C=O) groups excluding carboxylic acids is 1. The Hall–Kier alpha value is -1.27. The third kappa shape index (κ3) is 2.28. The highest BCUT2D eigenvalue weighted by atomic mass is 32.1. The van der Waals surface area contributed by atoms with Crippen molar-refractivity contribution in [3.63, 3.8) is 0 Å². The lowest BCUT2D eigenvalue weighted by atomic mass is 9.87. The van der Waals surface area contributed by atoms with Gasteiger partial charge in [0.1, 0.15) is 0 Å². The lowest BCUT2D eigenvalue weighted by Gasteiger charge is -2.21. The van der Waals surface area contributed by atoms with E-state index in [4.69, 9.17) is 6.42 Å². The standard InChI is InChI=1S/C13H15NOS/c1-2-3-8-14-13(15)11-5-4-6-12-10(11)7-9-16-12/h1,7,9,11H,3-6,8H2,(H,14,15). The van der Waals surface area contributed by atoms with Gasteiger partial charge in [0.25, 0.3) is 0 Å². The minimum absolute atomic E-state index is 0.0489. The van der Waals surface area contributed by atoms with E-state index in [-0.39, 0.29) is 11.8 Å². The number of hydrogen-bond acceptors (Lipinski definition) is 2. The predicted molar refractivity (Wildman–Crippen MR) is 66.5 cm³/mol. The molecule has 0 saturated heterocycles. The zero-order chi connectivity index (χ0) is 11.4. The summed E-state index contributed by atoms with van der Waals surface area (Å²) in [5, 5.41) is 4.99. The van der Waals surface area contributed by atoms with Crippen molar-refractivity contribution in [2.45, 2.75) is 31.6 Å². The van der Waals surface area contributed by atoms with Crippen LogP contribution in [0.25, 0.3) is 0 Å². The molecule has 0 bridgehead atoms. The lowest BCUT2D eigenvalue weighted by molar-refractivity contribution is -0.122. The second-order valence-electron chi connectivity index (χ2n) is 3.99. The number of terminal acetylenes is 1. The van der Waals surface area contributed by atoms with Gasteiger partial charge in [0.15, 0.2) is 0 Å². The van der Waals surface area contributed by atoms with Gasteiger partial charge >= 0.3 is 0 Å². The second kappa shape index (κ2) is 5.18. The average molecular weight is 233 g/mol. The highest BCUT2D eigenvalue weighted by Crippen LogP contribution is 2.34. The fourth-order valence-electron chi connectivity index (χ4n) is 2.14. The Morgan fingerprint density at radius 1 is 1.69 bits per heavy atom. The third-order valence-corrected chi connectivity index (χ3v) is 3.93. The van der Waals surface area contributed by atoms with E-state index in [1.54, 1.807) is 11.3 Å². The summed E-state index contributed by atoms with van der Waals surface area (Å²) in [5.74, 6) is 2.71. The topological polar surface area (TPSA) is 29.1 Å². The molecule has 1 amide bonds. The van der Waals surface area contributed by atoms with Gasteiger partial charge in [-0.25, -0.2) is 0 Å². The summed E-state index contributed by atoms with van der Waals surface area (Å²) < 4.78 is 0. The molecule has 1 aromatic heterocycles. The van der Waals surface area contributed by atoms with Crippen LogP contribution in [0.1, 0.15) is 35.6 Å². The smallest absolute Gasteiger partial charge is 0.227 e. The summed E-state index contributed by atoms with van der Waals surface area (Å²) in [4.78, 5) is 13.3. The molecule has 2 rings (SSSR count). The maximum Gasteiger partial charge on any atom is 0.227 e. The van der Waals surface area contributed by atoms with Crippen LogP contribution in [0, 0.1) is 12.3 Å². The summed E-state index contributed by atoms with van der Waals surface area (Å²) in [6, 6.07) is 2.09. The SMILES string of the molecule is C#CCCNC(=O)C1CCCc2sccc21. The van der Waals surface area contributed by atoms with E-state index in [1.807, 2.05) is 0 Å². The first-order valence-corrected chi connectivity index (χ1v) is 6.48. The van der Waals surface area contributed by atoms with Gasteiger partial charge < -0.3 is 5.32 Å². The molecule has 0 spiro atoms. The van der Waals surface area contributed by atoms with Crippen LogP contribution in [-0.2, 0) is 11.2 Å². The molecule has 0 fully saturated rings. The maximum atomic E-state index is 12.0. The highest BCUT2D eigenvalue weighted by molar-refractivity contribution is 7.10. The van der Waals surface area contributed by atoms with Crippen molar-refractivity contribution in [3.8, 4) is 12.3 Å². The molecule has 0 aliphatic heterocycles. The minimum atomic E-state index is 0.0489. The zero-order valence-electron chi connectivity index (χ0n) is 9.16.